The molecule has 3 heterocycles. The van der Waals surface area contributed by atoms with Gasteiger partial charge < -0.3 is 14.8 Å². The smallest absolute Gasteiger partial charge is 0.274 e. The topological polar surface area (TPSA) is 60.8 Å². The summed E-state index contributed by atoms with van der Waals surface area (Å²) in [6, 6.07) is 9.78. The SMILES string of the molecule is CCN(CC)CC1CCCCN1CC(=O)N1c2ccccc2NC(=O)c2c1ccn2C. The summed E-state index contributed by atoms with van der Waals surface area (Å²) in [6.07, 6.45) is 5.29. The zero-order valence-corrected chi connectivity index (χ0v) is 18.8. The number of fused-ring (bicyclic) bond motifs is 2. The van der Waals surface area contributed by atoms with Gasteiger partial charge in [-0.3, -0.25) is 19.4 Å². The minimum absolute atomic E-state index is 0.00264. The molecule has 0 radical (unpaired) electrons. The molecular formula is C24H33N5O2. The molecule has 1 unspecified atom stereocenters. The van der Waals surface area contributed by atoms with Gasteiger partial charge in [-0.15, -0.1) is 0 Å². The van der Waals surface area contributed by atoms with Crippen molar-refractivity contribution in [2.24, 2.45) is 7.05 Å². The largest absolute Gasteiger partial charge is 0.345 e. The zero-order valence-electron chi connectivity index (χ0n) is 18.8. The van der Waals surface area contributed by atoms with Gasteiger partial charge in [0.2, 0.25) is 5.91 Å². The second-order valence-electron chi connectivity index (χ2n) is 8.47. The van der Waals surface area contributed by atoms with Crippen LogP contribution >= 0.6 is 0 Å². The normalized spacial score (nSPS) is 19.0. The Balaban J connectivity index is 1.64. The summed E-state index contributed by atoms with van der Waals surface area (Å²) >= 11 is 0. The lowest BCUT2D eigenvalue weighted by Gasteiger charge is -2.38. The highest BCUT2D eigenvalue weighted by molar-refractivity contribution is 6.17. The number of amides is 2. The van der Waals surface area contributed by atoms with Crippen molar-refractivity contribution in [2.75, 3.05) is 42.9 Å². The van der Waals surface area contributed by atoms with Crippen molar-refractivity contribution in [3.05, 3.63) is 42.2 Å². The lowest BCUT2D eigenvalue weighted by Crippen LogP contribution is -2.50. The summed E-state index contributed by atoms with van der Waals surface area (Å²) in [6.45, 7) is 8.71. The molecule has 0 saturated carbocycles. The van der Waals surface area contributed by atoms with Gasteiger partial charge in [0.1, 0.15) is 5.69 Å². The molecule has 1 atom stereocenters. The Labute approximate surface area is 184 Å². The molecule has 166 valence electrons. The summed E-state index contributed by atoms with van der Waals surface area (Å²) < 4.78 is 1.78. The Bertz CT molecular complexity index is 949. The Hall–Kier alpha value is -2.64. The minimum atomic E-state index is -0.192. The van der Waals surface area contributed by atoms with Crippen LogP contribution in [0.25, 0.3) is 0 Å². The average Bonchev–Trinajstić information content (AvgIpc) is 3.09. The van der Waals surface area contributed by atoms with Gasteiger partial charge >= 0.3 is 0 Å². The number of hydrogen-bond donors (Lipinski definition) is 1. The molecule has 0 bridgehead atoms. The summed E-state index contributed by atoms with van der Waals surface area (Å²) in [5, 5.41) is 2.97. The molecule has 1 aromatic heterocycles. The highest BCUT2D eigenvalue weighted by atomic mass is 16.2. The molecule has 1 N–H and O–H groups in total. The van der Waals surface area contributed by atoms with Crippen molar-refractivity contribution in [1.29, 1.82) is 0 Å². The predicted molar refractivity (Wildman–Crippen MR) is 124 cm³/mol. The second kappa shape index (κ2) is 9.24. The Morgan fingerprint density at radius 2 is 1.90 bits per heavy atom. The van der Waals surface area contributed by atoms with Crippen molar-refractivity contribution in [1.82, 2.24) is 14.4 Å². The van der Waals surface area contributed by atoms with Crippen LogP contribution in [0.15, 0.2) is 36.5 Å². The maximum absolute atomic E-state index is 13.8. The first-order valence-corrected chi connectivity index (χ1v) is 11.4. The van der Waals surface area contributed by atoms with E-state index in [2.05, 4.69) is 29.0 Å². The van der Waals surface area contributed by atoms with Crippen LogP contribution in [0.4, 0.5) is 17.1 Å². The number of nitrogens with one attached hydrogen (secondary N) is 1. The van der Waals surface area contributed by atoms with Crippen molar-refractivity contribution >= 4 is 28.9 Å². The van der Waals surface area contributed by atoms with Crippen LogP contribution in [0.5, 0.6) is 0 Å². The molecule has 7 nitrogen and oxygen atoms in total. The van der Waals surface area contributed by atoms with Crippen LogP contribution in [-0.2, 0) is 11.8 Å². The van der Waals surface area contributed by atoms with Crippen molar-refractivity contribution in [2.45, 2.75) is 39.2 Å². The van der Waals surface area contributed by atoms with Crippen LogP contribution in [-0.4, -0.2) is 64.9 Å². The molecule has 1 aromatic carbocycles. The number of piperidine rings is 1. The maximum Gasteiger partial charge on any atom is 0.274 e. The molecule has 1 fully saturated rings. The fourth-order valence-corrected chi connectivity index (χ4v) is 4.83. The van der Waals surface area contributed by atoms with Gasteiger partial charge in [0.25, 0.3) is 5.91 Å². The number of rotatable bonds is 6. The summed E-state index contributed by atoms with van der Waals surface area (Å²) in [4.78, 5) is 33.1. The molecule has 2 aliphatic heterocycles. The van der Waals surface area contributed by atoms with Gasteiger partial charge in [-0.2, -0.15) is 0 Å². The molecular weight excluding hydrogens is 390 g/mol. The van der Waals surface area contributed by atoms with E-state index in [-0.39, 0.29) is 11.8 Å². The van der Waals surface area contributed by atoms with Crippen LogP contribution in [0, 0.1) is 0 Å². The Morgan fingerprint density at radius 3 is 2.68 bits per heavy atom. The molecule has 2 amide bonds. The highest BCUT2D eigenvalue weighted by Gasteiger charge is 2.33. The minimum Gasteiger partial charge on any atom is -0.345 e. The van der Waals surface area contributed by atoms with E-state index in [0.29, 0.717) is 29.7 Å². The lowest BCUT2D eigenvalue weighted by molar-refractivity contribution is -0.120. The zero-order chi connectivity index (χ0) is 22.0. The van der Waals surface area contributed by atoms with Gasteiger partial charge in [0, 0.05) is 25.8 Å². The summed E-state index contributed by atoms with van der Waals surface area (Å²) in [5.74, 6) is -0.189. The van der Waals surface area contributed by atoms with E-state index in [1.807, 2.05) is 43.6 Å². The lowest BCUT2D eigenvalue weighted by atomic mass is 10.0. The van der Waals surface area contributed by atoms with E-state index in [0.717, 1.165) is 44.7 Å². The fraction of sp³-hybridized carbons (Fsp3) is 0.500. The van der Waals surface area contributed by atoms with E-state index in [4.69, 9.17) is 0 Å². The number of likely N-dealkylation sites (tertiary alicyclic amines) is 1. The third kappa shape index (κ3) is 4.25. The third-order valence-corrected chi connectivity index (χ3v) is 6.60. The van der Waals surface area contributed by atoms with Crippen LogP contribution in [0.1, 0.15) is 43.6 Å². The second-order valence-corrected chi connectivity index (χ2v) is 8.47. The van der Waals surface area contributed by atoms with E-state index in [9.17, 15) is 9.59 Å². The molecule has 7 heteroatoms. The number of hydrogen-bond acceptors (Lipinski definition) is 4. The van der Waals surface area contributed by atoms with E-state index >= 15 is 0 Å². The molecule has 2 aromatic rings. The van der Waals surface area contributed by atoms with E-state index in [1.165, 1.54) is 6.42 Å². The predicted octanol–water partition coefficient (Wildman–Crippen LogP) is 3.45. The summed E-state index contributed by atoms with van der Waals surface area (Å²) in [7, 11) is 1.84. The third-order valence-electron chi connectivity index (χ3n) is 6.60. The van der Waals surface area contributed by atoms with Gasteiger partial charge in [-0.25, -0.2) is 0 Å². The summed E-state index contributed by atoms with van der Waals surface area (Å²) in [5.41, 5.74) is 2.54. The number of carbonyl (C=O) groups is 2. The maximum atomic E-state index is 13.8. The first-order valence-electron chi connectivity index (χ1n) is 11.4. The van der Waals surface area contributed by atoms with E-state index in [1.54, 1.807) is 9.47 Å². The van der Waals surface area contributed by atoms with Gasteiger partial charge in [0.05, 0.1) is 23.6 Å². The molecule has 31 heavy (non-hydrogen) atoms. The molecule has 0 spiro atoms. The monoisotopic (exact) mass is 423 g/mol. The number of benzene rings is 1. The van der Waals surface area contributed by atoms with Crippen LogP contribution < -0.4 is 10.2 Å². The molecule has 1 saturated heterocycles. The molecule has 4 rings (SSSR count). The Kier molecular flexibility index (Phi) is 6.43. The number of likely N-dealkylation sites (N-methyl/N-ethyl adjacent to an activating group) is 1. The average molecular weight is 424 g/mol. The number of aromatic nitrogens is 1. The van der Waals surface area contributed by atoms with Crippen molar-refractivity contribution in [3.8, 4) is 0 Å². The van der Waals surface area contributed by atoms with Gasteiger partial charge in [0.15, 0.2) is 0 Å². The molecule has 0 aliphatic carbocycles. The fourth-order valence-electron chi connectivity index (χ4n) is 4.83. The van der Waals surface area contributed by atoms with E-state index < -0.39 is 0 Å². The first kappa shape index (κ1) is 21.6. The number of anilines is 3. The highest BCUT2D eigenvalue weighted by Crippen LogP contribution is 2.38. The van der Waals surface area contributed by atoms with Gasteiger partial charge in [-0.05, 0) is 50.7 Å². The quantitative estimate of drug-likeness (QED) is 0.773. The van der Waals surface area contributed by atoms with Gasteiger partial charge in [-0.1, -0.05) is 32.4 Å². The number of nitrogens with zero attached hydrogens (tertiary/aromatic N) is 4. The Morgan fingerprint density at radius 1 is 1.13 bits per heavy atom. The van der Waals surface area contributed by atoms with Crippen molar-refractivity contribution < 1.29 is 9.59 Å². The van der Waals surface area contributed by atoms with Crippen LogP contribution in [0.3, 0.4) is 0 Å². The first-order chi connectivity index (χ1) is 15.0. The molecule has 2 aliphatic rings. The number of carbonyl (C=O) groups excluding carboxylic acids is 2. The van der Waals surface area contributed by atoms with Crippen molar-refractivity contribution in [3.63, 3.8) is 0 Å². The standard InChI is InChI=1S/C24H33N5O2/c1-4-27(5-2)16-18-10-8-9-14-28(18)17-22(30)29-20-12-7-6-11-19(20)25-24(31)23-21(29)13-15-26(23)3/h6-7,11-13,15,18H,4-5,8-10,14,16-17H2,1-3H3,(H,25,31). The number of aryl methyl sites for hydroxylation is 1. The number of para-hydroxylation sites is 2. The van der Waals surface area contributed by atoms with Crippen LogP contribution in [0.2, 0.25) is 0 Å².